The fourth-order valence-corrected chi connectivity index (χ4v) is 11.9. The van der Waals surface area contributed by atoms with Crippen LogP contribution in [0.4, 0.5) is 0 Å². The van der Waals surface area contributed by atoms with Gasteiger partial charge in [0.2, 0.25) is 5.91 Å². The Labute approximate surface area is 535 Å². The number of rotatable bonds is 54. The van der Waals surface area contributed by atoms with E-state index in [4.69, 9.17) is 28.4 Å². The molecule has 0 aromatic carbocycles. The summed E-state index contributed by atoms with van der Waals surface area (Å²) >= 11 is 0. The second-order valence-corrected chi connectivity index (χ2v) is 25.3. The number of ether oxygens (including phenoxy) is 6. The van der Waals surface area contributed by atoms with Gasteiger partial charge in [-0.3, -0.25) is 4.79 Å². The average Bonchev–Trinajstić information content (AvgIpc) is 1.81. The summed E-state index contributed by atoms with van der Waals surface area (Å²) in [5, 5.41) is 119. The third kappa shape index (κ3) is 34.1. The number of carbonyl (C=O) groups is 1. The second kappa shape index (κ2) is 52.1. The lowest BCUT2D eigenvalue weighted by atomic mass is 9.96. The van der Waals surface area contributed by atoms with Gasteiger partial charge in [0.1, 0.15) is 73.2 Å². The number of carbonyl (C=O) groups excluding carboxylic acids is 1. The molecule has 89 heavy (non-hydrogen) atoms. The highest BCUT2D eigenvalue weighted by Gasteiger charge is 2.53. The molecule has 0 aromatic rings. The van der Waals surface area contributed by atoms with E-state index in [0.717, 1.165) is 38.5 Å². The fraction of sp³-hybridized carbons (Fsp3) is 0.871. The van der Waals surface area contributed by atoms with Crippen LogP contribution in [0.3, 0.4) is 0 Å². The third-order valence-electron chi connectivity index (χ3n) is 17.6. The van der Waals surface area contributed by atoms with Crippen molar-refractivity contribution in [2.24, 2.45) is 0 Å². The zero-order chi connectivity index (χ0) is 64.7. The highest BCUT2D eigenvalue weighted by atomic mass is 16.8. The van der Waals surface area contributed by atoms with Gasteiger partial charge in [0, 0.05) is 6.42 Å². The van der Waals surface area contributed by atoms with E-state index in [9.17, 15) is 61.0 Å². The van der Waals surface area contributed by atoms with Crippen LogP contribution in [0.5, 0.6) is 0 Å². The van der Waals surface area contributed by atoms with E-state index in [1.165, 1.54) is 186 Å². The minimum atomic E-state index is -1.97. The van der Waals surface area contributed by atoms with Gasteiger partial charge in [-0.2, -0.15) is 0 Å². The summed E-state index contributed by atoms with van der Waals surface area (Å²) in [7, 11) is 0. The maximum atomic E-state index is 13.2. The molecule has 17 atom stereocenters. The van der Waals surface area contributed by atoms with Crippen molar-refractivity contribution in [3.05, 3.63) is 48.6 Å². The Morgan fingerprint density at radius 3 is 1.18 bits per heavy atom. The molecule has 0 aromatic heterocycles. The van der Waals surface area contributed by atoms with Crippen molar-refractivity contribution in [1.82, 2.24) is 5.32 Å². The molecule has 12 N–H and O–H groups in total. The monoisotopic (exact) mass is 1270 g/mol. The zero-order valence-electron chi connectivity index (χ0n) is 54.9. The van der Waals surface area contributed by atoms with Crippen LogP contribution in [-0.2, 0) is 33.2 Å². The molecule has 3 heterocycles. The van der Waals surface area contributed by atoms with Crippen LogP contribution in [0.1, 0.15) is 258 Å². The van der Waals surface area contributed by atoms with Gasteiger partial charge in [0.15, 0.2) is 18.9 Å². The van der Waals surface area contributed by atoms with Gasteiger partial charge in [-0.1, -0.05) is 249 Å². The van der Waals surface area contributed by atoms with E-state index >= 15 is 0 Å². The van der Waals surface area contributed by atoms with Crippen LogP contribution in [0, 0.1) is 0 Å². The number of nitrogens with one attached hydrogen (secondary N) is 1. The standard InChI is InChI=1S/C70H127NO18/c1-3-5-7-8-9-10-11-12-13-14-15-16-17-18-19-20-21-22-23-24-25-26-27-28-29-30-31-32-33-34-35-36-37-38-39-40-41-42-43-44-46-48-58(76)71-53(54(75)47-45-6-4-2)52-84-68-64(82)61(79)66(56(50-73)86-68)89-70-65(83)62(80)67(57(51-74)87-70)88-69-63(81)60(78)59(77)55(49-72)85-69/h11-12,14-15,17-18,45,47,53-57,59-70,72-75,77-83H,3-10,13,16,19-44,46,48-52H2,1-2H3,(H,71,76)/b12-11-,15-14-,18-17-,47-45+. The second-order valence-electron chi connectivity index (χ2n) is 25.3. The zero-order valence-corrected chi connectivity index (χ0v) is 54.9. The number of aliphatic hydroxyl groups excluding tert-OH is 11. The molecule has 0 aliphatic carbocycles. The molecule has 17 unspecified atom stereocenters. The van der Waals surface area contributed by atoms with Gasteiger partial charge in [-0.05, 0) is 51.4 Å². The van der Waals surface area contributed by atoms with Crippen molar-refractivity contribution in [3.63, 3.8) is 0 Å². The molecule has 0 bridgehead atoms. The Morgan fingerprint density at radius 2 is 0.764 bits per heavy atom. The first-order chi connectivity index (χ1) is 43.3. The number of unbranched alkanes of at least 4 members (excludes halogenated alkanes) is 32. The predicted molar refractivity (Wildman–Crippen MR) is 346 cm³/mol. The highest BCUT2D eigenvalue weighted by Crippen LogP contribution is 2.33. The van der Waals surface area contributed by atoms with Gasteiger partial charge in [-0.25, -0.2) is 0 Å². The van der Waals surface area contributed by atoms with Gasteiger partial charge < -0.3 is 89.9 Å². The van der Waals surface area contributed by atoms with Crippen molar-refractivity contribution in [3.8, 4) is 0 Å². The Balaban J connectivity index is 1.17. The Bertz CT molecular complexity index is 1800. The largest absolute Gasteiger partial charge is 0.394 e. The summed E-state index contributed by atoms with van der Waals surface area (Å²) < 4.78 is 34.0. The molecule has 520 valence electrons. The Kier molecular flexibility index (Phi) is 47.4. The molecule has 3 aliphatic heterocycles. The molecule has 19 nitrogen and oxygen atoms in total. The number of amides is 1. The lowest BCUT2D eigenvalue weighted by Crippen LogP contribution is -2.66. The first-order valence-corrected chi connectivity index (χ1v) is 35.4. The van der Waals surface area contributed by atoms with E-state index in [1.54, 1.807) is 12.2 Å². The lowest BCUT2D eigenvalue weighted by molar-refractivity contribution is -0.379. The predicted octanol–water partition coefficient (Wildman–Crippen LogP) is 9.39. The molecule has 3 saturated heterocycles. The number of aliphatic hydroxyl groups is 11. The Hall–Kier alpha value is -2.25. The van der Waals surface area contributed by atoms with E-state index in [-0.39, 0.29) is 18.9 Å². The van der Waals surface area contributed by atoms with Crippen LogP contribution in [0.2, 0.25) is 0 Å². The van der Waals surface area contributed by atoms with Crippen LogP contribution < -0.4 is 5.32 Å². The number of hydrogen-bond donors (Lipinski definition) is 12. The molecule has 3 rings (SSSR count). The minimum absolute atomic E-state index is 0.243. The summed E-state index contributed by atoms with van der Waals surface area (Å²) in [4.78, 5) is 13.2. The van der Waals surface area contributed by atoms with E-state index in [0.29, 0.717) is 12.8 Å². The van der Waals surface area contributed by atoms with E-state index < -0.39 is 124 Å². The van der Waals surface area contributed by atoms with Crippen molar-refractivity contribution in [2.45, 2.75) is 362 Å². The average molecular weight is 1270 g/mol. The van der Waals surface area contributed by atoms with Crippen molar-refractivity contribution >= 4 is 5.91 Å². The summed E-state index contributed by atoms with van der Waals surface area (Å²) in [5.41, 5.74) is 0. The van der Waals surface area contributed by atoms with Crippen LogP contribution in [-0.4, -0.2) is 193 Å². The molecular weight excluding hydrogens is 1140 g/mol. The van der Waals surface area contributed by atoms with Gasteiger partial charge in [0.25, 0.3) is 0 Å². The summed E-state index contributed by atoms with van der Waals surface area (Å²) in [6, 6.07) is -0.967. The SMILES string of the molecule is CCC/C=C/C(O)C(COC1OC(CO)C(OC2OC(CO)C(OC3OC(CO)C(O)C(O)C3O)C(O)C2O)C(O)C1O)NC(=O)CCCCCCCCCCCCCCCCCCCCCCCCCCCC/C=C\C/C=C\C/C=C\CCCCCCC. The van der Waals surface area contributed by atoms with Gasteiger partial charge in [0.05, 0.1) is 38.6 Å². The molecule has 0 radical (unpaired) electrons. The van der Waals surface area contributed by atoms with Crippen molar-refractivity contribution in [2.75, 3.05) is 26.4 Å². The normalized spacial score (nSPS) is 28.5. The molecule has 19 heteroatoms. The maximum Gasteiger partial charge on any atom is 0.220 e. The lowest BCUT2D eigenvalue weighted by Gasteiger charge is -2.48. The molecule has 0 spiro atoms. The summed E-state index contributed by atoms with van der Waals surface area (Å²) in [6.45, 7) is 1.48. The fourth-order valence-electron chi connectivity index (χ4n) is 11.9. The van der Waals surface area contributed by atoms with Crippen molar-refractivity contribution in [1.29, 1.82) is 0 Å². The van der Waals surface area contributed by atoms with Crippen LogP contribution in [0.25, 0.3) is 0 Å². The molecule has 3 fully saturated rings. The number of allylic oxidation sites excluding steroid dienone is 7. The first kappa shape index (κ1) is 81.0. The minimum Gasteiger partial charge on any atom is -0.394 e. The smallest absolute Gasteiger partial charge is 0.220 e. The molecular formula is C70H127NO18. The van der Waals surface area contributed by atoms with Crippen LogP contribution in [0.15, 0.2) is 48.6 Å². The topological polar surface area (TPSA) is 307 Å². The molecule has 1 amide bonds. The summed E-state index contributed by atoms with van der Waals surface area (Å²) in [5.74, 6) is -0.285. The quantitative estimate of drug-likeness (QED) is 0.0199. The molecule has 3 aliphatic rings. The summed E-state index contributed by atoms with van der Waals surface area (Å²) in [6.07, 6.45) is 37.2. The third-order valence-corrected chi connectivity index (χ3v) is 17.6. The maximum absolute atomic E-state index is 13.2. The molecule has 0 saturated carbocycles. The number of hydrogen-bond acceptors (Lipinski definition) is 18. The van der Waals surface area contributed by atoms with Crippen molar-refractivity contribution < 1.29 is 89.4 Å². The van der Waals surface area contributed by atoms with Gasteiger partial charge >= 0.3 is 0 Å². The van der Waals surface area contributed by atoms with E-state index in [2.05, 4.69) is 48.7 Å². The first-order valence-electron chi connectivity index (χ1n) is 35.4. The van der Waals surface area contributed by atoms with Crippen LogP contribution >= 0.6 is 0 Å². The van der Waals surface area contributed by atoms with Gasteiger partial charge in [-0.15, -0.1) is 0 Å². The highest BCUT2D eigenvalue weighted by molar-refractivity contribution is 5.76. The Morgan fingerprint density at radius 1 is 0.404 bits per heavy atom. The van der Waals surface area contributed by atoms with E-state index in [1.807, 2.05) is 6.92 Å².